The van der Waals surface area contributed by atoms with Gasteiger partial charge in [-0.1, -0.05) is 48.2 Å². The normalized spacial score (nSPS) is 11.2. The van der Waals surface area contributed by atoms with Crippen molar-refractivity contribution < 1.29 is 9.53 Å². The molecule has 0 saturated heterocycles. The third-order valence-corrected chi connectivity index (χ3v) is 6.94. The zero-order valence-corrected chi connectivity index (χ0v) is 20.4. The molecule has 0 spiro atoms. The topological polar surface area (TPSA) is 89.0 Å². The second-order valence-electron chi connectivity index (χ2n) is 8.22. The van der Waals surface area contributed by atoms with Crippen LogP contribution in [0.4, 0.5) is 5.69 Å². The molecule has 0 bridgehead atoms. The first-order valence-corrected chi connectivity index (χ1v) is 12.1. The third-order valence-electron chi connectivity index (χ3n) is 6.00. The molecule has 0 radical (unpaired) electrons. The summed E-state index contributed by atoms with van der Waals surface area (Å²) < 4.78 is 6.83. The summed E-state index contributed by atoms with van der Waals surface area (Å²) in [5, 5.41) is 4.21. The fourth-order valence-electron chi connectivity index (χ4n) is 4.06. The van der Waals surface area contributed by atoms with Gasteiger partial charge in [0.15, 0.2) is 5.16 Å². The fourth-order valence-corrected chi connectivity index (χ4v) is 4.86. The smallest absolute Gasteiger partial charge is 0.283 e. The number of thioether (sulfide) groups is 1. The second-order valence-corrected chi connectivity index (χ2v) is 9.16. The molecule has 5 rings (SSSR count). The quantitative estimate of drug-likeness (QED) is 0.255. The highest BCUT2D eigenvalue weighted by Crippen LogP contribution is 2.28. The fraction of sp³-hybridized carbons (Fsp3) is 0.148. The lowest BCUT2D eigenvalue weighted by atomic mass is 10.1. The number of ether oxygens (including phenoxy) is 1. The average Bonchev–Trinajstić information content (AvgIpc) is 3.24. The molecule has 2 N–H and O–H groups in total. The van der Waals surface area contributed by atoms with Gasteiger partial charge in [-0.3, -0.25) is 14.2 Å². The van der Waals surface area contributed by atoms with Crippen LogP contribution in [0.3, 0.4) is 0 Å². The molecule has 2 heterocycles. The van der Waals surface area contributed by atoms with E-state index in [2.05, 4.69) is 10.3 Å². The number of aromatic nitrogens is 3. The molecule has 8 heteroatoms. The van der Waals surface area contributed by atoms with Gasteiger partial charge in [-0.2, -0.15) is 0 Å². The average molecular weight is 485 g/mol. The van der Waals surface area contributed by atoms with E-state index >= 15 is 0 Å². The molecular formula is C27H24N4O3S. The standard InChI is InChI=1S/C27H24N4O3S/c1-16-8-6-13-22(17(16)2)31-26(33)25-24(20-11-4-5-12-21(20)29-25)30-27(31)35-15-23(32)28-18-9-7-10-19(14-18)34-3/h4-14,29H,15H2,1-3H3,(H,28,32). The number of nitrogens with one attached hydrogen (secondary N) is 2. The van der Waals surface area contributed by atoms with Crippen molar-refractivity contribution in [3.05, 3.63) is 88.2 Å². The van der Waals surface area contributed by atoms with Gasteiger partial charge in [0.05, 0.1) is 18.6 Å². The number of benzene rings is 3. The van der Waals surface area contributed by atoms with Crippen LogP contribution in [0.5, 0.6) is 5.75 Å². The van der Waals surface area contributed by atoms with Crippen LogP contribution in [-0.2, 0) is 4.79 Å². The summed E-state index contributed by atoms with van der Waals surface area (Å²) >= 11 is 1.23. The number of carbonyl (C=O) groups is 1. The molecule has 7 nitrogen and oxygen atoms in total. The summed E-state index contributed by atoms with van der Waals surface area (Å²) in [7, 11) is 1.58. The zero-order valence-electron chi connectivity index (χ0n) is 19.6. The maximum Gasteiger partial charge on any atom is 0.283 e. The van der Waals surface area contributed by atoms with Crippen LogP contribution in [0.15, 0.2) is 76.7 Å². The van der Waals surface area contributed by atoms with Gasteiger partial charge in [-0.05, 0) is 49.2 Å². The van der Waals surface area contributed by atoms with Crippen molar-refractivity contribution in [2.24, 2.45) is 0 Å². The number of carbonyl (C=O) groups excluding carboxylic acids is 1. The van der Waals surface area contributed by atoms with E-state index in [-0.39, 0.29) is 17.2 Å². The minimum Gasteiger partial charge on any atom is -0.497 e. The first-order chi connectivity index (χ1) is 17.0. The molecule has 2 aromatic heterocycles. The monoisotopic (exact) mass is 484 g/mol. The molecule has 0 saturated carbocycles. The minimum absolute atomic E-state index is 0.0857. The Kier molecular flexibility index (Phi) is 6.05. The van der Waals surface area contributed by atoms with E-state index < -0.39 is 0 Å². The lowest BCUT2D eigenvalue weighted by Gasteiger charge is -2.15. The van der Waals surface area contributed by atoms with Crippen LogP contribution in [0, 0.1) is 13.8 Å². The molecule has 35 heavy (non-hydrogen) atoms. The SMILES string of the molecule is COc1cccc(NC(=O)CSc2nc3c([nH]c4ccccc43)c(=O)n2-c2cccc(C)c2C)c1. The van der Waals surface area contributed by atoms with Crippen LogP contribution in [0.1, 0.15) is 11.1 Å². The third kappa shape index (κ3) is 4.28. The lowest BCUT2D eigenvalue weighted by molar-refractivity contribution is -0.113. The van der Waals surface area contributed by atoms with Crippen molar-refractivity contribution in [1.82, 2.24) is 14.5 Å². The Labute approximate surface area is 206 Å². The first-order valence-electron chi connectivity index (χ1n) is 11.1. The second kappa shape index (κ2) is 9.31. The maximum absolute atomic E-state index is 13.8. The Morgan fingerprint density at radius 1 is 1.09 bits per heavy atom. The number of rotatable bonds is 6. The molecule has 0 fully saturated rings. The van der Waals surface area contributed by atoms with Crippen molar-refractivity contribution in [1.29, 1.82) is 0 Å². The lowest BCUT2D eigenvalue weighted by Crippen LogP contribution is -2.23. The Bertz CT molecular complexity index is 1640. The largest absolute Gasteiger partial charge is 0.497 e. The van der Waals surface area contributed by atoms with Gasteiger partial charge in [0.25, 0.3) is 5.56 Å². The number of aryl methyl sites for hydroxylation is 1. The number of hydrogen-bond acceptors (Lipinski definition) is 5. The number of anilines is 1. The molecule has 0 unspecified atom stereocenters. The number of methoxy groups -OCH3 is 1. The highest BCUT2D eigenvalue weighted by molar-refractivity contribution is 7.99. The van der Waals surface area contributed by atoms with Gasteiger partial charge >= 0.3 is 0 Å². The van der Waals surface area contributed by atoms with Gasteiger partial charge in [0, 0.05) is 22.7 Å². The summed E-state index contributed by atoms with van der Waals surface area (Å²) in [6.45, 7) is 3.99. The Morgan fingerprint density at radius 2 is 1.89 bits per heavy atom. The minimum atomic E-state index is -0.205. The number of hydrogen-bond donors (Lipinski definition) is 2. The molecule has 1 amide bonds. The van der Waals surface area contributed by atoms with Crippen LogP contribution < -0.4 is 15.6 Å². The summed E-state index contributed by atoms with van der Waals surface area (Å²) in [6, 6.07) is 20.7. The van der Waals surface area contributed by atoms with Crippen molar-refractivity contribution in [3.63, 3.8) is 0 Å². The van der Waals surface area contributed by atoms with Crippen LogP contribution in [0.25, 0.3) is 27.6 Å². The molecule has 0 aliphatic carbocycles. The predicted molar refractivity (Wildman–Crippen MR) is 141 cm³/mol. The first kappa shape index (κ1) is 22.7. The maximum atomic E-state index is 13.8. The molecular weight excluding hydrogens is 460 g/mol. The highest BCUT2D eigenvalue weighted by atomic mass is 32.2. The molecule has 0 aliphatic heterocycles. The van der Waals surface area contributed by atoms with Crippen LogP contribution in [-0.4, -0.2) is 33.3 Å². The Morgan fingerprint density at radius 3 is 2.71 bits per heavy atom. The number of amides is 1. The zero-order chi connectivity index (χ0) is 24.5. The van der Waals surface area contributed by atoms with Gasteiger partial charge in [0.2, 0.25) is 5.91 Å². The molecule has 3 aromatic carbocycles. The molecule has 0 atom stereocenters. The van der Waals surface area contributed by atoms with E-state index in [1.807, 2.05) is 68.4 Å². The van der Waals surface area contributed by atoms with Crippen molar-refractivity contribution in [3.8, 4) is 11.4 Å². The van der Waals surface area contributed by atoms with E-state index in [0.717, 1.165) is 27.7 Å². The predicted octanol–water partition coefficient (Wildman–Crippen LogP) is 5.22. The summed E-state index contributed by atoms with van der Waals surface area (Å²) in [5.41, 5.74) is 5.13. The van der Waals surface area contributed by atoms with Gasteiger partial charge in [-0.25, -0.2) is 4.98 Å². The number of H-pyrrole nitrogens is 1. The summed E-state index contributed by atoms with van der Waals surface area (Å²) in [5.74, 6) is 0.539. The number of para-hydroxylation sites is 1. The van der Waals surface area contributed by atoms with Crippen molar-refractivity contribution in [2.75, 3.05) is 18.2 Å². The van der Waals surface area contributed by atoms with Crippen LogP contribution >= 0.6 is 11.8 Å². The number of nitrogens with zero attached hydrogens (tertiary/aromatic N) is 2. The van der Waals surface area contributed by atoms with E-state index in [1.54, 1.807) is 23.8 Å². The van der Waals surface area contributed by atoms with Crippen molar-refractivity contribution in [2.45, 2.75) is 19.0 Å². The number of aromatic amines is 1. The highest BCUT2D eigenvalue weighted by Gasteiger charge is 2.19. The van der Waals surface area contributed by atoms with Crippen molar-refractivity contribution >= 4 is 45.3 Å². The summed E-state index contributed by atoms with van der Waals surface area (Å²) in [4.78, 5) is 34.6. The molecule has 0 aliphatic rings. The van der Waals surface area contributed by atoms with Gasteiger partial charge in [0.1, 0.15) is 16.8 Å². The molecule has 5 aromatic rings. The van der Waals surface area contributed by atoms with E-state index in [0.29, 0.717) is 27.6 Å². The Hall–Kier alpha value is -4.04. The molecule has 176 valence electrons. The van der Waals surface area contributed by atoms with Gasteiger partial charge in [-0.15, -0.1) is 0 Å². The van der Waals surface area contributed by atoms with Gasteiger partial charge < -0.3 is 15.0 Å². The summed E-state index contributed by atoms with van der Waals surface area (Å²) in [6.07, 6.45) is 0. The van der Waals surface area contributed by atoms with E-state index in [1.165, 1.54) is 11.8 Å². The van der Waals surface area contributed by atoms with E-state index in [4.69, 9.17) is 9.72 Å². The number of fused-ring (bicyclic) bond motifs is 3. The Balaban J connectivity index is 1.57. The van der Waals surface area contributed by atoms with Crippen LogP contribution in [0.2, 0.25) is 0 Å². The van der Waals surface area contributed by atoms with E-state index in [9.17, 15) is 9.59 Å².